The monoisotopic (exact) mass is 446 g/mol. The summed E-state index contributed by atoms with van der Waals surface area (Å²) in [5, 5.41) is 0. The molecule has 29 heavy (non-hydrogen) atoms. The molecule has 0 bridgehead atoms. The maximum atomic E-state index is 11.8. The molecule has 1 aliphatic carbocycles. The predicted molar refractivity (Wildman–Crippen MR) is 92.3 cm³/mol. The number of methoxy groups -OCH3 is 1. The molecule has 0 radical (unpaired) electrons. The first-order chi connectivity index (χ1) is 13.5. The molecule has 2 fully saturated rings. The molecule has 4 rings (SSSR count). The first-order valence-electron chi connectivity index (χ1n) is 8.61. The molecular weight excluding hydrogens is 428 g/mol. The second-order valence-electron chi connectivity index (χ2n) is 7.12. The Morgan fingerprint density at radius 1 is 1.24 bits per heavy atom. The maximum absolute atomic E-state index is 11.8. The Morgan fingerprint density at radius 3 is 2.55 bits per heavy atom. The number of fused-ring (bicyclic) bond motifs is 1. The third kappa shape index (κ3) is 3.85. The van der Waals surface area contributed by atoms with Crippen molar-refractivity contribution in [3.63, 3.8) is 0 Å². The quantitative estimate of drug-likeness (QED) is 0.488. The number of rotatable bonds is 6. The van der Waals surface area contributed by atoms with Gasteiger partial charge in [-0.3, -0.25) is 4.57 Å². The van der Waals surface area contributed by atoms with E-state index in [1.165, 1.54) is 24.3 Å². The number of hydrogen-bond acceptors (Lipinski definition) is 12. The zero-order chi connectivity index (χ0) is 21.1. The minimum atomic E-state index is -4.85. The zero-order valence-corrected chi connectivity index (χ0v) is 17.1. The van der Waals surface area contributed by atoms with Crippen LogP contribution in [0.15, 0.2) is 12.7 Å². The van der Waals surface area contributed by atoms with Gasteiger partial charge in [0.05, 0.1) is 12.4 Å². The van der Waals surface area contributed by atoms with Gasteiger partial charge in [0.2, 0.25) is 0 Å². The van der Waals surface area contributed by atoms with Crippen LogP contribution in [0.5, 0.6) is 0 Å². The lowest BCUT2D eigenvalue weighted by atomic mass is 10.1. The maximum Gasteiger partial charge on any atom is 0.167 e. The fraction of sp³-hybridized carbons (Fsp3) is 0.643. The van der Waals surface area contributed by atoms with Crippen molar-refractivity contribution >= 4 is 32.2 Å². The molecule has 160 valence electrons. The van der Waals surface area contributed by atoms with Gasteiger partial charge in [-0.1, -0.05) is 7.60 Å². The first kappa shape index (κ1) is 20.8. The van der Waals surface area contributed by atoms with Crippen LogP contribution in [0.1, 0.15) is 12.6 Å². The second-order valence-corrected chi connectivity index (χ2v) is 10.6. The van der Waals surface area contributed by atoms with Gasteiger partial charge in [0.25, 0.3) is 0 Å². The Bertz CT molecular complexity index is 1020. The van der Waals surface area contributed by atoms with Gasteiger partial charge < -0.3 is 43.5 Å². The molecule has 0 amide bonds. The summed E-state index contributed by atoms with van der Waals surface area (Å²) in [5.74, 6) is -0.562. The Hall–Kier alpha value is -1.43. The number of anilines is 1. The van der Waals surface area contributed by atoms with Crippen LogP contribution >= 0.6 is 15.2 Å². The van der Waals surface area contributed by atoms with Crippen molar-refractivity contribution in [2.75, 3.05) is 19.5 Å². The van der Waals surface area contributed by atoms with E-state index in [9.17, 15) is 23.8 Å². The topological polar surface area (TPSA) is 201 Å². The smallest absolute Gasteiger partial charge is 0.167 e. The van der Waals surface area contributed by atoms with Crippen LogP contribution < -0.4 is 20.4 Å². The summed E-state index contributed by atoms with van der Waals surface area (Å²) < 4.78 is 41.4. The molecule has 1 aliphatic heterocycles. The van der Waals surface area contributed by atoms with Gasteiger partial charge in [-0.15, -0.1) is 0 Å². The molecule has 1 saturated heterocycles. The summed E-state index contributed by atoms with van der Waals surface area (Å²) in [4.78, 5) is 46.8. The van der Waals surface area contributed by atoms with Gasteiger partial charge in [-0.25, -0.2) is 15.0 Å². The number of nitrogen functional groups attached to an aromatic ring is 1. The summed E-state index contributed by atoms with van der Waals surface area (Å²) in [6, 6.07) is 0. The molecule has 2 aromatic heterocycles. The summed E-state index contributed by atoms with van der Waals surface area (Å²) in [6.45, 7) is 0.890. The highest BCUT2D eigenvalue weighted by Gasteiger charge is 2.57. The molecule has 0 aromatic carbocycles. The van der Waals surface area contributed by atoms with E-state index in [2.05, 4.69) is 15.0 Å². The van der Waals surface area contributed by atoms with Gasteiger partial charge in [0, 0.05) is 13.8 Å². The summed E-state index contributed by atoms with van der Waals surface area (Å²) in [7, 11) is -7.75. The van der Waals surface area contributed by atoms with Crippen molar-refractivity contribution < 1.29 is 37.8 Å². The van der Waals surface area contributed by atoms with Gasteiger partial charge >= 0.3 is 0 Å². The molecule has 7 atom stereocenters. The van der Waals surface area contributed by atoms with Crippen LogP contribution in [0, 0.1) is 5.92 Å². The molecule has 1 saturated carbocycles. The van der Waals surface area contributed by atoms with Gasteiger partial charge in [0.15, 0.2) is 17.7 Å². The van der Waals surface area contributed by atoms with E-state index in [0.717, 1.165) is 6.66 Å². The average Bonchev–Trinajstić information content (AvgIpc) is 3.18. The van der Waals surface area contributed by atoms with Crippen molar-refractivity contribution in [2.45, 2.75) is 36.6 Å². The van der Waals surface area contributed by atoms with Crippen molar-refractivity contribution in [2.24, 2.45) is 5.92 Å². The van der Waals surface area contributed by atoms with E-state index in [0.29, 0.717) is 11.2 Å². The normalized spacial score (nSPS) is 34.4. The lowest BCUT2D eigenvalue weighted by molar-refractivity contribution is -0.314. The molecule has 13 nitrogen and oxygen atoms in total. The van der Waals surface area contributed by atoms with Crippen LogP contribution in [0.2, 0.25) is 0 Å². The van der Waals surface area contributed by atoms with Gasteiger partial charge in [-0.05, 0) is 18.0 Å². The minimum absolute atomic E-state index is 0.0601. The van der Waals surface area contributed by atoms with E-state index < -0.39 is 51.3 Å². The highest BCUT2D eigenvalue weighted by atomic mass is 31.2. The molecule has 3 heterocycles. The number of imidazole rings is 1. The van der Waals surface area contributed by atoms with Crippen LogP contribution in [0.25, 0.3) is 11.2 Å². The van der Waals surface area contributed by atoms with Crippen molar-refractivity contribution in [3.8, 4) is 0 Å². The Kier molecular flexibility index (Phi) is 5.08. The van der Waals surface area contributed by atoms with Gasteiger partial charge in [-0.2, -0.15) is 0 Å². The van der Waals surface area contributed by atoms with Crippen molar-refractivity contribution in [1.82, 2.24) is 19.5 Å². The van der Waals surface area contributed by atoms with Crippen LogP contribution in [0.3, 0.4) is 0 Å². The Morgan fingerprint density at radius 2 is 1.97 bits per heavy atom. The lowest BCUT2D eigenvalue weighted by Crippen LogP contribution is -2.38. The lowest BCUT2D eigenvalue weighted by Gasteiger charge is -2.32. The molecular formula is C14H18N5O8P2-3. The number of nitrogens with two attached hydrogens (primary N) is 1. The highest BCUT2D eigenvalue weighted by Crippen LogP contribution is 2.58. The standard InChI is InChI=1S/C14H21N5O8P2/c1-25-11-10(27-28(2,20)21)9(6-3-7(6)29(22,23)24)26-14(11)19-5-18-8-12(15)16-4-17-13(8)19/h4-7,9-11,14H,3H2,1-2H3,(H,20,21)(H2,15,16,17)(H2,22,23,24)/p-3. The van der Waals surface area contributed by atoms with Crippen molar-refractivity contribution in [1.29, 1.82) is 0 Å². The average molecular weight is 446 g/mol. The summed E-state index contributed by atoms with van der Waals surface area (Å²) >= 11 is 0. The fourth-order valence-electron chi connectivity index (χ4n) is 3.80. The predicted octanol–water partition coefficient (Wildman–Crippen LogP) is -1.81. The Labute approximate surface area is 164 Å². The Balaban J connectivity index is 1.72. The molecule has 7 unspecified atom stereocenters. The zero-order valence-electron chi connectivity index (χ0n) is 15.4. The number of nitrogens with zero attached hydrogens (tertiary/aromatic N) is 4. The highest BCUT2D eigenvalue weighted by molar-refractivity contribution is 7.50. The first-order valence-corrected chi connectivity index (χ1v) is 12.2. The second kappa shape index (κ2) is 7.07. The summed E-state index contributed by atoms with van der Waals surface area (Å²) in [5.41, 5.74) is 5.28. The number of aromatic nitrogens is 4. The molecule has 2 aromatic rings. The number of hydrogen-bond donors (Lipinski definition) is 1. The number of ether oxygens (including phenoxy) is 2. The van der Waals surface area contributed by atoms with E-state index in [1.54, 1.807) is 0 Å². The fourth-order valence-corrected chi connectivity index (χ4v) is 5.62. The van der Waals surface area contributed by atoms with E-state index in [4.69, 9.17) is 19.7 Å². The van der Waals surface area contributed by atoms with Crippen LogP contribution in [-0.2, 0) is 23.1 Å². The molecule has 15 heteroatoms. The third-order valence-corrected chi connectivity index (χ3v) is 7.14. The van der Waals surface area contributed by atoms with E-state index >= 15 is 0 Å². The minimum Gasteiger partial charge on any atom is -0.811 e. The van der Waals surface area contributed by atoms with Crippen LogP contribution in [0.4, 0.5) is 5.82 Å². The SMILES string of the molecule is COC1C(OP(C)(=O)[O-])C(C2CC2P(=O)([O-])[O-])OC1n1cnc2c(N)ncnc21. The molecule has 2 aliphatic rings. The molecule has 2 N–H and O–H groups in total. The van der Waals surface area contributed by atoms with E-state index in [1.807, 2.05) is 0 Å². The summed E-state index contributed by atoms with van der Waals surface area (Å²) in [6.07, 6.45) is -1.37. The van der Waals surface area contributed by atoms with Crippen LogP contribution in [-0.4, -0.2) is 57.3 Å². The third-order valence-electron chi connectivity index (χ3n) is 5.10. The molecule has 0 spiro atoms. The van der Waals surface area contributed by atoms with Crippen molar-refractivity contribution in [3.05, 3.63) is 12.7 Å². The van der Waals surface area contributed by atoms with Gasteiger partial charge in [0.1, 0.15) is 31.6 Å². The largest absolute Gasteiger partial charge is 0.811 e. The van der Waals surface area contributed by atoms with E-state index in [-0.39, 0.29) is 12.2 Å².